The molecule has 2 N–H and O–H groups in total. The molecule has 3 heterocycles. The normalized spacial score (nSPS) is 18.5. The van der Waals surface area contributed by atoms with Gasteiger partial charge in [0.1, 0.15) is 10.8 Å². The van der Waals surface area contributed by atoms with E-state index in [4.69, 9.17) is 0 Å². The molecule has 0 radical (unpaired) electrons. The first-order valence-electron chi connectivity index (χ1n) is 8.90. The van der Waals surface area contributed by atoms with E-state index in [1.54, 1.807) is 25.1 Å². The van der Waals surface area contributed by atoms with Crippen LogP contribution in [0.5, 0.6) is 0 Å². The minimum absolute atomic E-state index is 0.0749. The van der Waals surface area contributed by atoms with Gasteiger partial charge in [-0.05, 0) is 36.1 Å². The van der Waals surface area contributed by atoms with Crippen LogP contribution in [-0.2, 0) is 23.4 Å². The van der Waals surface area contributed by atoms with Gasteiger partial charge in [-0.1, -0.05) is 29.5 Å². The Kier molecular flexibility index (Phi) is 5.31. The smallest absolute Gasteiger partial charge is 0.325 e. The van der Waals surface area contributed by atoms with E-state index >= 15 is 0 Å². The topological polar surface area (TPSA) is 104 Å². The molecule has 0 bridgehead atoms. The monoisotopic (exact) mass is 445 g/mol. The number of rotatable bonds is 6. The molecule has 4 rings (SSSR count). The van der Waals surface area contributed by atoms with Crippen LogP contribution in [0, 0.1) is 5.82 Å². The molecule has 4 amide bonds. The maximum absolute atomic E-state index is 12.9. The summed E-state index contributed by atoms with van der Waals surface area (Å²) < 4.78 is 12.9. The van der Waals surface area contributed by atoms with Gasteiger partial charge in [0.2, 0.25) is 5.01 Å². The lowest BCUT2D eigenvalue weighted by atomic mass is 10.0. The number of benzene rings is 1. The molecule has 3 aromatic rings. The van der Waals surface area contributed by atoms with Crippen molar-refractivity contribution in [3.8, 4) is 0 Å². The van der Waals surface area contributed by atoms with Gasteiger partial charge in [0.25, 0.3) is 11.8 Å². The van der Waals surface area contributed by atoms with Gasteiger partial charge in [0.15, 0.2) is 5.54 Å². The summed E-state index contributed by atoms with van der Waals surface area (Å²) in [5.74, 6) is -1.18. The van der Waals surface area contributed by atoms with Crippen molar-refractivity contribution in [2.24, 2.45) is 0 Å². The van der Waals surface area contributed by atoms with E-state index in [0.717, 1.165) is 26.7 Å². The molecule has 1 aromatic carbocycles. The van der Waals surface area contributed by atoms with Crippen LogP contribution in [0.3, 0.4) is 0 Å². The molecule has 0 aliphatic carbocycles. The highest BCUT2D eigenvalue weighted by molar-refractivity contribution is 7.13. The van der Waals surface area contributed by atoms with Gasteiger partial charge in [0, 0.05) is 11.4 Å². The second kappa shape index (κ2) is 7.92. The maximum Gasteiger partial charge on any atom is 0.325 e. The fourth-order valence-corrected chi connectivity index (χ4v) is 4.56. The van der Waals surface area contributed by atoms with Crippen LogP contribution in [-0.4, -0.2) is 32.9 Å². The van der Waals surface area contributed by atoms with Gasteiger partial charge in [-0.25, -0.2) is 9.18 Å². The lowest BCUT2D eigenvalue weighted by Gasteiger charge is -2.19. The van der Waals surface area contributed by atoms with Gasteiger partial charge in [-0.15, -0.1) is 21.5 Å². The Hall–Kier alpha value is -3.18. The van der Waals surface area contributed by atoms with Crippen LogP contribution in [0.2, 0.25) is 0 Å². The molecular formula is C19H16FN5O3S2. The number of nitrogens with zero attached hydrogens (tertiary/aromatic N) is 3. The first-order valence-corrected chi connectivity index (χ1v) is 10.6. The Morgan fingerprint density at radius 2 is 2.00 bits per heavy atom. The number of hydrogen-bond acceptors (Lipinski definition) is 7. The van der Waals surface area contributed by atoms with Gasteiger partial charge >= 0.3 is 6.03 Å². The van der Waals surface area contributed by atoms with Crippen LogP contribution in [0.4, 0.5) is 9.18 Å². The molecule has 1 atom stereocenters. The Balaban J connectivity index is 1.40. The minimum Gasteiger partial charge on any atom is -0.346 e. The van der Waals surface area contributed by atoms with Crippen molar-refractivity contribution in [1.29, 1.82) is 0 Å². The van der Waals surface area contributed by atoms with E-state index in [9.17, 15) is 18.8 Å². The van der Waals surface area contributed by atoms with E-state index < -0.39 is 17.5 Å². The Morgan fingerprint density at radius 3 is 2.70 bits per heavy atom. The summed E-state index contributed by atoms with van der Waals surface area (Å²) in [4.78, 5) is 39.3. The molecule has 30 heavy (non-hydrogen) atoms. The molecule has 1 aliphatic heterocycles. The zero-order chi connectivity index (χ0) is 21.3. The van der Waals surface area contributed by atoms with Crippen molar-refractivity contribution in [2.45, 2.75) is 25.6 Å². The highest BCUT2D eigenvalue weighted by atomic mass is 32.1. The van der Waals surface area contributed by atoms with E-state index in [2.05, 4.69) is 20.8 Å². The third-order valence-corrected chi connectivity index (χ3v) is 6.61. The third kappa shape index (κ3) is 3.81. The van der Waals surface area contributed by atoms with Crippen LogP contribution < -0.4 is 10.6 Å². The van der Waals surface area contributed by atoms with Gasteiger partial charge in [0.05, 0.1) is 6.54 Å². The predicted octanol–water partition coefficient (Wildman–Crippen LogP) is 2.64. The van der Waals surface area contributed by atoms with Crippen molar-refractivity contribution in [2.75, 3.05) is 0 Å². The van der Waals surface area contributed by atoms with Crippen LogP contribution >= 0.6 is 22.7 Å². The van der Waals surface area contributed by atoms with Crippen LogP contribution in [0.1, 0.15) is 32.2 Å². The molecule has 11 heteroatoms. The summed E-state index contributed by atoms with van der Waals surface area (Å²) in [7, 11) is 0. The summed E-state index contributed by atoms with van der Waals surface area (Å²) in [5, 5.41) is 15.5. The van der Waals surface area contributed by atoms with Crippen molar-refractivity contribution < 1.29 is 18.8 Å². The lowest BCUT2D eigenvalue weighted by Crippen LogP contribution is -2.40. The fourth-order valence-electron chi connectivity index (χ4n) is 2.98. The number of carbonyl (C=O) groups is 3. The second-order valence-electron chi connectivity index (χ2n) is 6.73. The maximum atomic E-state index is 12.9. The molecule has 0 saturated carbocycles. The zero-order valence-electron chi connectivity index (χ0n) is 15.7. The summed E-state index contributed by atoms with van der Waals surface area (Å²) in [6, 6.07) is 8.86. The molecule has 1 saturated heterocycles. The largest absolute Gasteiger partial charge is 0.346 e. The molecular weight excluding hydrogens is 429 g/mol. The van der Waals surface area contributed by atoms with Crippen molar-refractivity contribution >= 4 is 40.5 Å². The van der Waals surface area contributed by atoms with Gasteiger partial charge < -0.3 is 10.6 Å². The zero-order valence-corrected chi connectivity index (χ0v) is 17.3. The number of imide groups is 1. The lowest BCUT2D eigenvalue weighted by molar-refractivity contribution is -0.131. The number of thiophene rings is 1. The SMILES string of the molecule is CC1(c2cccs2)NC(=O)N(Cc2nnc(C(=O)NCc3ccc(F)cc3)s2)C1=O. The molecule has 154 valence electrons. The molecule has 1 fully saturated rings. The van der Waals surface area contributed by atoms with Gasteiger partial charge in [-0.3, -0.25) is 14.5 Å². The number of aromatic nitrogens is 2. The fraction of sp³-hybridized carbons (Fsp3) is 0.211. The number of nitrogens with one attached hydrogen (secondary N) is 2. The summed E-state index contributed by atoms with van der Waals surface area (Å²) in [6.45, 7) is 1.79. The highest BCUT2D eigenvalue weighted by Crippen LogP contribution is 2.32. The van der Waals surface area contributed by atoms with E-state index in [1.807, 2.05) is 11.4 Å². The number of halogens is 1. The van der Waals surface area contributed by atoms with E-state index in [-0.39, 0.29) is 29.8 Å². The summed E-state index contributed by atoms with van der Waals surface area (Å²) >= 11 is 2.39. The standard InChI is InChI=1S/C19H16FN5O3S2/c1-19(13-3-2-8-29-13)17(27)25(18(28)22-19)10-14-23-24-16(30-14)15(26)21-9-11-4-6-12(20)7-5-11/h2-8H,9-10H2,1H3,(H,21,26)(H,22,28). The predicted molar refractivity (Wildman–Crippen MR) is 108 cm³/mol. The molecule has 0 spiro atoms. The number of urea groups is 1. The average Bonchev–Trinajstić information content (AvgIpc) is 3.46. The third-order valence-electron chi connectivity index (χ3n) is 4.61. The number of hydrogen-bond donors (Lipinski definition) is 2. The van der Waals surface area contributed by atoms with Crippen molar-refractivity contribution in [3.63, 3.8) is 0 Å². The molecule has 8 nitrogen and oxygen atoms in total. The molecule has 1 aliphatic rings. The quantitative estimate of drug-likeness (QED) is 0.568. The summed E-state index contributed by atoms with van der Waals surface area (Å²) in [5.41, 5.74) is -0.382. The molecule has 1 unspecified atom stereocenters. The average molecular weight is 446 g/mol. The van der Waals surface area contributed by atoms with E-state index in [0.29, 0.717) is 5.01 Å². The molecule has 2 aromatic heterocycles. The highest BCUT2D eigenvalue weighted by Gasteiger charge is 2.49. The van der Waals surface area contributed by atoms with Gasteiger partial charge in [-0.2, -0.15) is 0 Å². The Bertz CT molecular complexity index is 1100. The Labute approximate surface area is 178 Å². The summed E-state index contributed by atoms with van der Waals surface area (Å²) in [6.07, 6.45) is 0. The second-order valence-corrected chi connectivity index (χ2v) is 8.74. The Morgan fingerprint density at radius 1 is 1.23 bits per heavy atom. The number of amides is 4. The number of carbonyl (C=O) groups excluding carboxylic acids is 3. The minimum atomic E-state index is -1.12. The van der Waals surface area contributed by atoms with Crippen molar-refractivity contribution in [3.05, 3.63) is 68.1 Å². The van der Waals surface area contributed by atoms with Crippen molar-refractivity contribution in [1.82, 2.24) is 25.7 Å². The van der Waals surface area contributed by atoms with Crippen LogP contribution in [0.25, 0.3) is 0 Å². The first kappa shape index (κ1) is 20.1. The first-order chi connectivity index (χ1) is 14.4. The van der Waals surface area contributed by atoms with Crippen LogP contribution in [0.15, 0.2) is 41.8 Å². The van der Waals surface area contributed by atoms with E-state index in [1.165, 1.54) is 23.5 Å².